The summed E-state index contributed by atoms with van der Waals surface area (Å²) in [5.41, 5.74) is 5.74. The number of hydrogen-bond donors (Lipinski definition) is 1. The first-order chi connectivity index (χ1) is 5.83. The Hall–Kier alpha value is -0.500. The Bertz CT molecular complexity index is 178. The molecule has 1 rings (SSSR count). The van der Waals surface area contributed by atoms with Crippen LogP contribution < -0.4 is 5.73 Å². The van der Waals surface area contributed by atoms with Crippen molar-refractivity contribution in [3.8, 4) is 0 Å². The molecule has 0 aliphatic carbocycles. The van der Waals surface area contributed by atoms with Crippen LogP contribution in [0.3, 0.4) is 0 Å². The van der Waals surface area contributed by atoms with Gasteiger partial charge in [-0.3, -0.25) is 4.99 Å². The Morgan fingerprint density at radius 1 is 1.46 bits per heavy atom. The molecule has 13 heavy (non-hydrogen) atoms. The third-order valence-electron chi connectivity index (χ3n) is 2.26. The van der Waals surface area contributed by atoms with E-state index in [0.29, 0.717) is 6.04 Å². The average molecular weight is 203 g/mol. The Morgan fingerprint density at radius 2 is 2.23 bits per heavy atom. The molecule has 2 N–H and O–H groups in total. The fraction of sp³-hybridized carbons (Fsp3) is 0.700. The minimum Gasteiger partial charge on any atom is -0.387 e. The third kappa shape index (κ3) is 4.94. The Balaban J connectivity index is 0.00000144. The fourth-order valence-electron chi connectivity index (χ4n) is 1.59. The lowest BCUT2D eigenvalue weighted by Gasteiger charge is -2.14. The van der Waals surface area contributed by atoms with Crippen LogP contribution in [0.25, 0.3) is 0 Å². The van der Waals surface area contributed by atoms with Gasteiger partial charge in [-0.15, -0.1) is 19.0 Å². The first-order valence-corrected chi connectivity index (χ1v) is 4.76. The molecule has 0 aromatic heterocycles. The van der Waals surface area contributed by atoms with Gasteiger partial charge in [0.05, 0.1) is 11.9 Å². The van der Waals surface area contributed by atoms with Crippen LogP contribution in [-0.2, 0) is 0 Å². The Morgan fingerprint density at radius 3 is 2.92 bits per heavy atom. The van der Waals surface area contributed by atoms with Crippen molar-refractivity contribution in [1.82, 2.24) is 0 Å². The van der Waals surface area contributed by atoms with Gasteiger partial charge in [-0.25, -0.2) is 0 Å². The van der Waals surface area contributed by atoms with Crippen LogP contribution in [0.5, 0.6) is 0 Å². The molecule has 0 saturated heterocycles. The van der Waals surface area contributed by atoms with Crippen LogP contribution in [0, 0.1) is 0 Å². The van der Waals surface area contributed by atoms with Crippen molar-refractivity contribution < 1.29 is 0 Å². The van der Waals surface area contributed by atoms with Crippen molar-refractivity contribution in [1.29, 1.82) is 0 Å². The van der Waals surface area contributed by atoms with E-state index in [1.54, 1.807) is 0 Å². The van der Waals surface area contributed by atoms with Crippen molar-refractivity contribution in [3.63, 3.8) is 0 Å². The number of hydrogen-bond acceptors (Lipinski definition) is 2. The number of amidine groups is 1. The quantitative estimate of drug-likeness (QED) is 0.687. The van der Waals surface area contributed by atoms with Crippen molar-refractivity contribution in [2.75, 3.05) is 0 Å². The largest absolute Gasteiger partial charge is 0.387 e. The van der Waals surface area contributed by atoms with Crippen molar-refractivity contribution in [3.05, 3.63) is 12.7 Å². The van der Waals surface area contributed by atoms with E-state index in [2.05, 4.69) is 11.6 Å². The maximum Gasteiger partial charge on any atom is 0.0940 e. The zero-order valence-corrected chi connectivity index (χ0v) is 8.85. The molecule has 0 radical (unpaired) electrons. The van der Waals surface area contributed by atoms with E-state index >= 15 is 0 Å². The monoisotopic (exact) mass is 202 g/mol. The van der Waals surface area contributed by atoms with E-state index in [0.717, 1.165) is 18.7 Å². The normalized spacial score (nSPS) is 23.4. The van der Waals surface area contributed by atoms with Crippen molar-refractivity contribution in [2.24, 2.45) is 10.7 Å². The molecule has 0 aromatic carbocycles. The second-order valence-corrected chi connectivity index (χ2v) is 3.40. The van der Waals surface area contributed by atoms with Gasteiger partial charge in [0, 0.05) is 6.42 Å². The average Bonchev–Trinajstić information content (AvgIpc) is 2.00. The molecule has 1 heterocycles. The molecule has 0 saturated carbocycles. The highest BCUT2D eigenvalue weighted by Crippen LogP contribution is 2.15. The summed E-state index contributed by atoms with van der Waals surface area (Å²) in [4.78, 5) is 4.45. The van der Waals surface area contributed by atoms with Crippen molar-refractivity contribution in [2.45, 2.75) is 44.6 Å². The second-order valence-electron chi connectivity index (χ2n) is 3.40. The molecular weight excluding hydrogens is 184 g/mol. The van der Waals surface area contributed by atoms with Crippen LogP contribution in [-0.4, -0.2) is 11.9 Å². The Labute approximate surface area is 86.7 Å². The molecule has 0 aromatic rings. The second kappa shape index (κ2) is 6.96. The number of aliphatic imine (C=N–C) groups is 1. The van der Waals surface area contributed by atoms with Gasteiger partial charge in [-0.1, -0.05) is 18.9 Å². The highest BCUT2D eigenvalue weighted by Gasteiger charge is 2.08. The van der Waals surface area contributed by atoms with Gasteiger partial charge in [0.1, 0.15) is 0 Å². The molecule has 2 nitrogen and oxygen atoms in total. The standard InChI is InChI=1S/C10H18N2.ClH/c1-2-6-9-7-4-3-5-8-10(11)12-9;/h2,9H,1,3-8H2,(H2,11,12);1H. The predicted octanol–water partition coefficient (Wildman–Crippen LogP) is 2.67. The van der Waals surface area contributed by atoms with Gasteiger partial charge in [-0.05, 0) is 19.3 Å². The van der Waals surface area contributed by atoms with E-state index in [-0.39, 0.29) is 12.4 Å². The van der Waals surface area contributed by atoms with Crippen LogP contribution in [0.4, 0.5) is 0 Å². The maximum absolute atomic E-state index is 5.74. The third-order valence-corrected chi connectivity index (χ3v) is 2.26. The first kappa shape index (κ1) is 12.5. The highest BCUT2D eigenvalue weighted by atomic mass is 35.5. The summed E-state index contributed by atoms with van der Waals surface area (Å²) in [5.74, 6) is 0.835. The van der Waals surface area contributed by atoms with Gasteiger partial charge in [0.25, 0.3) is 0 Å². The SMILES string of the molecule is C=CCC1CCCCCC(N)=N1.Cl. The summed E-state index contributed by atoms with van der Waals surface area (Å²) in [7, 11) is 0. The summed E-state index contributed by atoms with van der Waals surface area (Å²) in [6.07, 6.45) is 8.85. The molecule has 0 fully saturated rings. The summed E-state index contributed by atoms with van der Waals surface area (Å²) < 4.78 is 0. The Kier molecular flexibility index (Phi) is 6.69. The molecule has 0 amide bonds. The number of nitrogens with two attached hydrogens (primary N) is 1. The van der Waals surface area contributed by atoms with Gasteiger partial charge in [0.2, 0.25) is 0 Å². The molecule has 1 unspecified atom stereocenters. The molecule has 1 aliphatic rings. The highest BCUT2D eigenvalue weighted by molar-refractivity contribution is 5.85. The zero-order chi connectivity index (χ0) is 8.81. The molecule has 1 atom stereocenters. The van der Waals surface area contributed by atoms with Gasteiger partial charge < -0.3 is 5.73 Å². The van der Waals surface area contributed by atoms with Crippen LogP contribution in [0.2, 0.25) is 0 Å². The van der Waals surface area contributed by atoms with E-state index < -0.39 is 0 Å². The minimum atomic E-state index is 0. The fourth-order valence-corrected chi connectivity index (χ4v) is 1.59. The van der Waals surface area contributed by atoms with Crippen molar-refractivity contribution >= 4 is 18.2 Å². The lowest BCUT2D eigenvalue weighted by Crippen LogP contribution is -2.18. The molecule has 1 aliphatic heterocycles. The van der Waals surface area contributed by atoms with E-state index in [9.17, 15) is 0 Å². The lowest BCUT2D eigenvalue weighted by molar-refractivity contribution is 0.545. The van der Waals surface area contributed by atoms with E-state index in [4.69, 9.17) is 5.73 Å². The number of nitrogens with zero attached hydrogens (tertiary/aromatic N) is 1. The summed E-state index contributed by atoms with van der Waals surface area (Å²) >= 11 is 0. The van der Waals surface area contributed by atoms with Gasteiger partial charge in [-0.2, -0.15) is 0 Å². The van der Waals surface area contributed by atoms with Gasteiger partial charge in [0.15, 0.2) is 0 Å². The number of halogens is 1. The molecule has 0 bridgehead atoms. The lowest BCUT2D eigenvalue weighted by atomic mass is 10.0. The van der Waals surface area contributed by atoms with Crippen LogP contribution >= 0.6 is 12.4 Å². The minimum absolute atomic E-state index is 0. The van der Waals surface area contributed by atoms with Crippen LogP contribution in [0.15, 0.2) is 17.6 Å². The zero-order valence-electron chi connectivity index (χ0n) is 8.04. The van der Waals surface area contributed by atoms with Crippen LogP contribution in [0.1, 0.15) is 38.5 Å². The summed E-state index contributed by atoms with van der Waals surface area (Å²) in [5, 5.41) is 0. The molecule has 0 spiro atoms. The predicted molar refractivity (Wildman–Crippen MR) is 60.6 cm³/mol. The summed E-state index contributed by atoms with van der Waals surface area (Å²) in [6.45, 7) is 3.72. The molecule has 3 heteroatoms. The topological polar surface area (TPSA) is 38.4 Å². The molecule has 76 valence electrons. The first-order valence-electron chi connectivity index (χ1n) is 4.76. The number of rotatable bonds is 2. The van der Waals surface area contributed by atoms with E-state index in [1.165, 1.54) is 25.7 Å². The van der Waals surface area contributed by atoms with E-state index in [1.807, 2.05) is 6.08 Å². The maximum atomic E-state index is 5.74. The van der Waals surface area contributed by atoms with Gasteiger partial charge >= 0.3 is 0 Å². The summed E-state index contributed by atoms with van der Waals surface area (Å²) in [6, 6.07) is 0.405. The molecular formula is C10H19ClN2. The smallest absolute Gasteiger partial charge is 0.0940 e.